The second-order valence-electron chi connectivity index (χ2n) is 3.83. The van der Waals surface area contributed by atoms with Gasteiger partial charge in [0.25, 0.3) is 0 Å². The Morgan fingerprint density at radius 3 is 2.39 bits per heavy atom. The van der Waals surface area contributed by atoms with Crippen LogP contribution in [0.1, 0.15) is 5.69 Å². The minimum Gasteiger partial charge on any atom is -0.497 e. The quantitative estimate of drug-likeness (QED) is 0.887. The Labute approximate surface area is 106 Å². The second-order valence-corrected chi connectivity index (χ2v) is 3.83. The van der Waals surface area contributed by atoms with E-state index in [-0.39, 0.29) is 0 Å². The molecule has 0 atom stereocenters. The van der Waals surface area contributed by atoms with Gasteiger partial charge in [0, 0.05) is 19.3 Å². The lowest BCUT2D eigenvalue weighted by Crippen LogP contribution is -2.12. The van der Waals surface area contributed by atoms with Crippen molar-refractivity contribution >= 4 is 11.5 Å². The van der Waals surface area contributed by atoms with E-state index in [0.717, 1.165) is 22.9 Å². The van der Waals surface area contributed by atoms with Crippen LogP contribution in [-0.4, -0.2) is 24.1 Å². The molecular formula is C13H16N4O. The van der Waals surface area contributed by atoms with Crippen molar-refractivity contribution in [3.8, 4) is 5.75 Å². The topological polar surface area (TPSA) is 64.3 Å². The first-order chi connectivity index (χ1) is 8.74. The van der Waals surface area contributed by atoms with Crippen molar-refractivity contribution in [1.82, 2.24) is 9.97 Å². The molecule has 0 aliphatic heterocycles. The number of ether oxygens (including phenoxy) is 1. The zero-order chi connectivity index (χ0) is 13.0. The average molecular weight is 244 g/mol. The minimum absolute atomic E-state index is 0.402. The number of rotatable bonds is 4. The third-order valence-corrected chi connectivity index (χ3v) is 2.70. The fraction of sp³-hybridized carbons (Fsp3) is 0.231. The Hall–Kier alpha value is -2.14. The molecule has 94 valence electrons. The number of nitrogens with zero attached hydrogens (tertiary/aromatic N) is 3. The van der Waals surface area contributed by atoms with E-state index in [0.29, 0.717) is 6.54 Å². The van der Waals surface area contributed by atoms with Gasteiger partial charge in [0.05, 0.1) is 25.2 Å². The van der Waals surface area contributed by atoms with Crippen LogP contribution < -0.4 is 15.4 Å². The molecule has 0 unspecified atom stereocenters. The van der Waals surface area contributed by atoms with Gasteiger partial charge in [-0.05, 0) is 24.3 Å². The van der Waals surface area contributed by atoms with E-state index in [4.69, 9.17) is 10.5 Å². The van der Waals surface area contributed by atoms with Crippen LogP contribution in [0.5, 0.6) is 5.75 Å². The molecule has 18 heavy (non-hydrogen) atoms. The standard InChI is InChI=1S/C13H16N4O/c1-17(11-3-5-12(18-2)6-4-11)13-9-15-10(7-14)8-16-13/h3-6,8-9H,7,14H2,1-2H3. The molecule has 1 aromatic heterocycles. The largest absolute Gasteiger partial charge is 0.497 e. The summed E-state index contributed by atoms with van der Waals surface area (Å²) in [6.07, 6.45) is 3.40. The minimum atomic E-state index is 0.402. The summed E-state index contributed by atoms with van der Waals surface area (Å²) in [5.74, 6) is 1.61. The van der Waals surface area contributed by atoms with Crippen molar-refractivity contribution in [1.29, 1.82) is 0 Å². The highest BCUT2D eigenvalue weighted by atomic mass is 16.5. The fourth-order valence-electron chi connectivity index (χ4n) is 1.56. The molecule has 0 spiro atoms. The van der Waals surface area contributed by atoms with Gasteiger partial charge in [-0.3, -0.25) is 4.98 Å². The highest BCUT2D eigenvalue weighted by Crippen LogP contribution is 2.23. The van der Waals surface area contributed by atoms with Crippen LogP contribution in [0.3, 0.4) is 0 Å². The first-order valence-corrected chi connectivity index (χ1v) is 5.63. The first kappa shape index (κ1) is 12.3. The molecule has 0 fully saturated rings. The summed E-state index contributed by atoms with van der Waals surface area (Å²) < 4.78 is 5.12. The second kappa shape index (κ2) is 5.46. The monoisotopic (exact) mass is 244 g/mol. The maximum absolute atomic E-state index is 5.49. The average Bonchev–Trinajstić information content (AvgIpc) is 2.47. The van der Waals surface area contributed by atoms with Crippen LogP contribution in [0.4, 0.5) is 11.5 Å². The maximum Gasteiger partial charge on any atom is 0.151 e. The molecule has 0 radical (unpaired) electrons. The van der Waals surface area contributed by atoms with Gasteiger partial charge in [-0.15, -0.1) is 0 Å². The number of anilines is 2. The smallest absolute Gasteiger partial charge is 0.151 e. The highest BCUT2D eigenvalue weighted by Gasteiger charge is 2.05. The lowest BCUT2D eigenvalue weighted by Gasteiger charge is -2.18. The van der Waals surface area contributed by atoms with Crippen molar-refractivity contribution in [2.24, 2.45) is 5.73 Å². The zero-order valence-corrected chi connectivity index (χ0v) is 10.5. The van der Waals surface area contributed by atoms with Crippen molar-refractivity contribution in [2.45, 2.75) is 6.54 Å². The van der Waals surface area contributed by atoms with E-state index >= 15 is 0 Å². The zero-order valence-electron chi connectivity index (χ0n) is 10.5. The van der Waals surface area contributed by atoms with Gasteiger partial charge in [0.2, 0.25) is 0 Å². The molecule has 0 bridgehead atoms. The fourth-order valence-corrected chi connectivity index (χ4v) is 1.56. The van der Waals surface area contributed by atoms with E-state index in [1.54, 1.807) is 19.5 Å². The van der Waals surface area contributed by atoms with Crippen molar-refractivity contribution < 1.29 is 4.74 Å². The Morgan fingerprint density at radius 2 is 1.89 bits per heavy atom. The number of benzene rings is 1. The normalized spacial score (nSPS) is 10.2. The molecular weight excluding hydrogens is 228 g/mol. The van der Waals surface area contributed by atoms with Gasteiger partial charge in [-0.2, -0.15) is 0 Å². The van der Waals surface area contributed by atoms with Crippen LogP contribution in [0.15, 0.2) is 36.7 Å². The predicted molar refractivity (Wildman–Crippen MR) is 71.0 cm³/mol. The third kappa shape index (κ3) is 2.57. The van der Waals surface area contributed by atoms with E-state index in [1.807, 2.05) is 36.2 Å². The predicted octanol–water partition coefficient (Wildman–Crippen LogP) is 1.71. The van der Waals surface area contributed by atoms with Gasteiger partial charge in [0.15, 0.2) is 5.82 Å². The Balaban J connectivity index is 2.20. The summed E-state index contributed by atoms with van der Waals surface area (Å²) in [7, 11) is 3.59. The Kier molecular flexibility index (Phi) is 3.74. The molecule has 2 aromatic rings. The summed E-state index contributed by atoms with van der Waals surface area (Å²) in [4.78, 5) is 10.5. The van der Waals surface area contributed by atoms with E-state index in [9.17, 15) is 0 Å². The Morgan fingerprint density at radius 1 is 1.17 bits per heavy atom. The van der Waals surface area contributed by atoms with Crippen LogP contribution in [0.25, 0.3) is 0 Å². The molecule has 1 heterocycles. The molecule has 5 nitrogen and oxygen atoms in total. The molecule has 0 aliphatic carbocycles. The van der Waals surface area contributed by atoms with Crippen LogP contribution in [0.2, 0.25) is 0 Å². The number of nitrogens with two attached hydrogens (primary N) is 1. The highest BCUT2D eigenvalue weighted by molar-refractivity contribution is 5.59. The molecule has 0 saturated heterocycles. The molecule has 2 N–H and O–H groups in total. The molecule has 2 rings (SSSR count). The lowest BCUT2D eigenvalue weighted by atomic mass is 10.3. The molecule has 5 heteroatoms. The number of aromatic nitrogens is 2. The van der Waals surface area contributed by atoms with Crippen LogP contribution in [-0.2, 0) is 6.54 Å². The Bertz CT molecular complexity index is 448. The van der Waals surface area contributed by atoms with Gasteiger partial charge >= 0.3 is 0 Å². The van der Waals surface area contributed by atoms with E-state index in [2.05, 4.69) is 9.97 Å². The van der Waals surface area contributed by atoms with Crippen molar-refractivity contribution in [2.75, 3.05) is 19.1 Å². The summed E-state index contributed by atoms with van der Waals surface area (Å²) in [6, 6.07) is 7.76. The van der Waals surface area contributed by atoms with E-state index < -0.39 is 0 Å². The number of hydrogen-bond donors (Lipinski definition) is 1. The van der Waals surface area contributed by atoms with Crippen molar-refractivity contribution in [3.63, 3.8) is 0 Å². The van der Waals surface area contributed by atoms with Crippen molar-refractivity contribution in [3.05, 3.63) is 42.4 Å². The summed E-state index contributed by atoms with van der Waals surface area (Å²) in [6.45, 7) is 0.402. The van der Waals surface area contributed by atoms with Gasteiger partial charge in [0.1, 0.15) is 5.75 Å². The summed E-state index contributed by atoms with van der Waals surface area (Å²) >= 11 is 0. The molecule has 1 aromatic carbocycles. The summed E-state index contributed by atoms with van der Waals surface area (Å²) in [5, 5.41) is 0. The summed E-state index contributed by atoms with van der Waals surface area (Å²) in [5.41, 5.74) is 7.29. The molecule has 0 saturated carbocycles. The van der Waals surface area contributed by atoms with E-state index in [1.165, 1.54) is 0 Å². The third-order valence-electron chi connectivity index (χ3n) is 2.70. The maximum atomic E-state index is 5.49. The number of hydrogen-bond acceptors (Lipinski definition) is 5. The number of methoxy groups -OCH3 is 1. The lowest BCUT2D eigenvalue weighted by molar-refractivity contribution is 0.415. The first-order valence-electron chi connectivity index (χ1n) is 5.63. The van der Waals surface area contributed by atoms with Gasteiger partial charge < -0.3 is 15.4 Å². The molecule has 0 aliphatic rings. The van der Waals surface area contributed by atoms with Crippen LogP contribution >= 0.6 is 0 Å². The van der Waals surface area contributed by atoms with Gasteiger partial charge in [-0.25, -0.2) is 4.98 Å². The van der Waals surface area contributed by atoms with Crippen LogP contribution in [0, 0.1) is 0 Å². The SMILES string of the molecule is COc1ccc(N(C)c2cnc(CN)cn2)cc1. The van der Waals surface area contributed by atoms with Gasteiger partial charge in [-0.1, -0.05) is 0 Å². The molecule has 0 amide bonds.